The van der Waals surface area contributed by atoms with Crippen LogP contribution in [0.15, 0.2) is 42.5 Å². The lowest BCUT2D eigenvalue weighted by Crippen LogP contribution is -2.30. The molecule has 1 N–H and O–H groups in total. The molecule has 0 aliphatic carbocycles. The Morgan fingerprint density at radius 2 is 1.75 bits per heavy atom. The highest BCUT2D eigenvalue weighted by atomic mass is 32.2. The lowest BCUT2D eigenvalue weighted by Gasteiger charge is -2.07. The second kappa shape index (κ2) is 5.42. The number of pyridine rings is 1. The topological polar surface area (TPSA) is 76.1 Å². The zero-order valence-corrected chi connectivity index (χ0v) is 11.9. The summed E-state index contributed by atoms with van der Waals surface area (Å²) in [5.74, 6) is -0.669. The Morgan fingerprint density at radius 3 is 2.30 bits per heavy atom. The number of carbonyl (C=O) groups is 1. The molecule has 2 aromatic rings. The van der Waals surface area contributed by atoms with Crippen molar-refractivity contribution in [3.05, 3.63) is 53.7 Å². The van der Waals surface area contributed by atoms with E-state index in [1.807, 2.05) is 35.1 Å². The third kappa shape index (κ3) is 3.42. The average Bonchev–Trinajstić information content (AvgIpc) is 2.37. The third-order valence-electron chi connectivity index (χ3n) is 2.68. The van der Waals surface area contributed by atoms with E-state index in [0.29, 0.717) is 5.69 Å². The van der Waals surface area contributed by atoms with Crippen molar-refractivity contribution in [1.82, 2.24) is 9.71 Å². The summed E-state index contributed by atoms with van der Waals surface area (Å²) < 4.78 is 24.1. The lowest BCUT2D eigenvalue weighted by atomic mass is 10.1. The van der Waals surface area contributed by atoms with Gasteiger partial charge in [-0.3, -0.25) is 9.78 Å². The average molecular weight is 290 g/mol. The Kier molecular flexibility index (Phi) is 3.85. The SMILES string of the molecule is Cc1nc(-c2ccccc2)ccc1C(=O)NS(C)(=O)=O. The van der Waals surface area contributed by atoms with Crippen molar-refractivity contribution >= 4 is 15.9 Å². The Labute approximate surface area is 117 Å². The Balaban J connectivity index is 2.34. The van der Waals surface area contributed by atoms with E-state index in [9.17, 15) is 13.2 Å². The highest BCUT2D eigenvalue weighted by molar-refractivity contribution is 7.89. The molecule has 1 aromatic heterocycles. The molecular weight excluding hydrogens is 276 g/mol. The van der Waals surface area contributed by atoms with Gasteiger partial charge in [0.1, 0.15) is 0 Å². The van der Waals surface area contributed by atoms with Gasteiger partial charge in [-0.25, -0.2) is 13.1 Å². The minimum atomic E-state index is -3.58. The zero-order chi connectivity index (χ0) is 14.8. The molecule has 2 rings (SSSR count). The van der Waals surface area contributed by atoms with E-state index in [2.05, 4.69) is 4.98 Å². The molecule has 0 fully saturated rings. The predicted molar refractivity (Wildman–Crippen MR) is 76.7 cm³/mol. The predicted octanol–water partition coefficient (Wildman–Crippen LogP) is 1.75. The molecule has 0 aliphatic heterocycles. The van der Waals surface area contributed by atoms with Gasteiger partial charge in [-0.2, -0.15) is 0 Å². The minimum absolute atomic E-state index is 0.245. The van der Waals surface area contributed by atoms with Crippen LogP contribution >= 0.6 is 0 Å². The van der Waals surface area contributed by atoms with E-state index < -0.39 is 15.9 Å². The number of rotatable bonds is 3. The number of benzene rings is 1. The van der Waals surface area contributed by atoms with Crippen molar-refractivity contribution in [3.8, 4) is 11.3 Å². The molecule has 1 heterocycles. The smallest absolute Gasteiger partial charge is 0.266 e. The van der Waals surface area contributed by atoms with Crippen LogP contribution in [-0.4, -0.2) is 25.6 Å². The van der Waals surface area contributed by atoms with E-state index >= 15 is 0 Å². The molecule has 0 radical (unpaired) electrons. The standard InChI is InChI=1S/C14H14N2O3S/c1-10-12(14(17)16-20(2,18)19)8-9-13(15-10)11-6-4-3-5-7-11/h3-9H,1-2H3,(H,16,17). The van der Waals surface area contributed by atoms with Crippen LogP contribution in [0.3, 0.4) is 0 Å². The van der Waals surface area contributed by atoms with E-state index in [1.165, 1.54) is 0 Å². The number of nitrogens with one attached hydrogen (secondary N) is 1. The maximum absolute atomic E-state index is 11.8. The lowest BCUT2D eigenvalue weighted by molar-refractivity contribution is 0.0980. The molecular formula is C14H14N2O3S. The van der Waals surface area contributed by atoms with Gasteiger partial charge in [-0.05, 0) is 19.1 Å². The van der Waals surface area contributed by atoms with E-state index in [1.54, 1.807) is 19.1 Å². The van der Waals surface area contributed by atoms with Gasteiger partial charge in [0.15, 0.2) is 0 Å². The van der Waals surface area contributed by atoms with Gasteiger partial charge in [0.25, 0.3) is 5.91 Å². The molecule has 0 spiro atoms. The molecule has 1 aromatic carbocycles. The Bertz CT molecular complexity index is 740. The van der Waals surface area contributed by atoms with Gasteiger partial charge in [0.2, 0.25) is 10.0 Å². The summed E-state index contributed by atoms with van der Waals surface area (Å²) >= 11 is 0. The molecule has 6 heteroatoms. The van der Waals surface area contributed by atoms with Crippen molar-refractivity contribution in [3.63, 3.8) is 0 Å². The fourth-order valence-corrected chi connectivity index (χ4v) is 2.24. The molecule has 0 saturated heterocycles. The summed E-state index contributed by atoms with van der Waals surface area (Å²) in [6.45, 7) is 1.67. The van der Waals surface area contributed by atoms with Gasteiger partial charge in [-0.1, -0.05) is 30.3 Å². The summed E-state index contributed by atoms with van der Waals surface area (Å²) in [5.41, 5.74) is 2.40. The van der Waals surface area contributed by atoms with Crippen molar-refractivity contribution in [2.45, 2.75) is 6.92 Å². The van der Waals surface area contributed by atoms with Gasteiger partial charge in [-0.15, -0.1) is 0 Å². The van der Waals surface area contributed by atoms with Crippen LogP contribution in [0.1, 0.15) is 16.1 Å². The van der Waals surface area contributed by atoms with Crippen molar-refractivity contribution in [2.24, 2.45) is 0 Å². The second-order valence-electron chi connectivity index (χ2n) is 4.40. The normalized spacial score (nSPS) is 11.1. The molecule has 0 bridgehead atoms. The van der Waals surface area contributed by atoms with Crippen molar-refractivity contribution in [2.75, 3.05) is 6.26 Å². The summed E-state index contributed by atoms with van der Waals surface area (Å²) in [6.07, 6.45) is 0.937. The summed E-state index contributed by atoms with van der Waals surface area (Å²) in [5, 5.41) is 0. The number of aryl methyl sites for hydroxylation is 1. The first-order valence-electron chi connectivity index (χ1n) is 5.92. The van der Waals surface area contributed by atoms with Gasteiger partial charge in [0.05, 0.1) is 23.2 Å². The molecule has 20 heavy (non-hydrogen) atoms. The number of amides is 1. The second-order valence-corrected chi connectivity index (χ2v) is 6.15. The first-order valence-corrected chi connectivity index (χ1v) is 7.81. The fourth-order valence-electron chi connectivity index (χ4n) is 1.79. The number of sulfonamides is 1. The van der Waals surface area contributed by atoms with Crippen LogP contribution in [0.4, 0.5) is 0 Å². The number of nitrogens with zero attached hydrogens (tertiary/aromatic N) is 1. The maximum atomic E-state index is 11.8. The molecule has 0 saturated carbocycles. The van der Waals surface area contributed by atoms with E-state index in [-0.39, 0.29) is 5.56 Å². The summed E-state index contributed by atoms with van der Waals surface area (Å²) in [4.78, 5) is 16.1. The fraction of sp³-hybridized carbons (Fsp3) is 0.143. The van der Waals surface area contributed by atoms with Crippen molar-refractivity contribution in [1.29, 1.82) is 0 Å². The molecule has 0 atom stereocenters. The van der Waals surface area contributed by atoms with Gasteiger partial charge in [0, 0.05) is 5.56 Å². The summed E-state index contributed by atoms with van der Waals surface area (Å²) in [7, 11) is -3.58. The zero-order valence-electron chi connectivity index (χ0n) is 11.1. The quantitative estimate of drug-likeness (QED) is 0.934. The van der Waals surface area contributed by atoms with Crippen LogP contribution in [-0.2, 0) is 10.0 Å². The first-order chi connectivity index (χ1) is 9.37. The minimum Gasteiger partial charge on any atom is -0.268 e. The monoisotopic (exact) mass is 290 g/mol. The highest BCUT2D eigenvalue weighted by Crippen LogP contribution is 2.18. The number of carbonyl (C=O) groups excluding carboxylic acids is 1. The number of hydrogen-bond acceptors (Lipinski definition) is 4. The largest absolute Gasteiger partial charge is 0.268 e. The van der Waals surface area contributed by atoms with E-state index in [0.717, 1.165) is 17.5 Å². The molecule has 1 amide bonds. The summed E-state index contributed by atoms with van der Waals surface area (Å²) in [6, 6.07) is 12.8. The van der Waals surface area contributed by atoms with Crippen LogP contribution in [0, 0.1) is 6.92 Å². The van der Waals surface area contributed by atoms with Crippen LogP contribution in [0.5, 0.6) is 0 Å². The van der Waals surface area contributed by atoms with Crippen LogP contribution in [0.25, 0.3) is 11.3 Å². The Morgan fingerprint density at radius 1 is 1.10 bits per heavy atom. The maximum Gasteiger partial charge on any atom is 0.266 e. The number of hydrogen-bond donors (Lipinski definition) is 1. The molecule has 5 nitrogen and oxygen atoms in total. The van der Waals surface area contributed by atoms with Gasteiger partial charge >= 0.3 is 0 Å². The van der Waals surface area contributed by atoms with Crippen LogP contribution < -0.4 is 4.72 Å². The first kappa shape index (κ1) is 14.2. The number of aromatic nitrogens is 1. The third-order valence-corrected chi connectivity index (χ3v) is 3.23. The Hall–Kier alpha value is -2.21. The molecule has 0 unspecified atom stereocenters. The van der Waals surface area contributed by atoms with Crippen LogP contribution in [0.2, 0.25) is 0 Å². The highest BCUT2D eigenvalue weighted by Gasteiger charge is 2.14. The van der Waals surface area contributed by atoms with E-state index in [4.69, 9.17) is 0 Å². The molecule has 104 valence electrons. The molecule has 0 aliphatic rings. The van der Waals surface area contributed by atoms with Crippen molar-refractivity contribution < 1.29 is 13.2 Å². The van der Waals surface area contributed by atoms with Gasteiger partial charge < -0.3 is 0 Å².